The second kappa shape index (κ2) is 9.44. The van der Waals surface area contributed by atoms with Crippen molar-refractivity contribution < 1.29 is 13.9 Å². The molecule has 1 amide bonds. The van der Waals surface area contributed by atoms with Crippen molar-refractivity contribution in [3.05, 3.63) is 114 Å². The summed E-state index contributed by atoms with van der Waals surface area (Å²) in [7, 11) is 0. The smallest absolute Gasteiger partial charge is 0.291 e. The average Bonchev–Trinajstić information content (AvgIpc) is 3.52. The fourth-order valence-corrected chi connectivity index (χ4v) is 3.62. The van der Waals surface area contributed by atoms with Crippen molar-refractivity contribution in [2.24, 2.45) is 0 Å². The van der Waals surface area contributed by atoms with Gasteiger partial charge in [0.05, 0.1) is 11.9 Å². The average molecular weight is 437 g/mol. The molecule has 6 heteroatoms. The maximum absolute atomic E-state index is 12.6. The van der Waals surface area contributed by atoms with Gasteiger partial charge in [-0.3, -0.25) is 9.48 Å². The van der Waals surface area contributed by atoms with Crippen molar-refractivity contribution in [1.82, 2.24) is 9.78 Å². The largest absolute Gasteiger partial charge is 0.486 e. The van der Waals surface area contributed by atoms with Crippen molar-refractivity contribution in [3.8, 4) is 5.75 Å². The van der Waals surface area contributed by atoms with Crippen LogP contribution < -0.4 is 10.1 Å². The number of benzene rings is 3. The Bertz CT molecular complexity index is 1370. The van der Waals surface area contributed by atoms with Crippen LogP contribution in [0.25, 0.3) is 10.8 Å². The fraction of sp³-hybridized carbons (Fsp3) is 0.111. The summed E-state index contributed by atoms with van der Waals surface area (Å²) < 4.78 is 13.3. The normalized spacial score (nSPS) is 10.9. The Morgan fingerprint density at radius 3 is 2.64 bits per heavy atom. The van der Waals surface area contributed by atoms with E-state index >= 15 is 0 Å². The van der Waals surface area contributed by atoms with E-state index in [9.17, 15) is 4.79 Å². The molecule has 0 saturated heterocycles. The first-order valence-corrected chi connectivity index (χ1v) is 10.8. The summed E-state index contributed by atoms with van der Waals surface area (Å²) >= 11 is 0. The lowest BCUT2D eigenvalue weighted by Gasteiger charge is -2.06. The Morgan fingerprint density at radius 1 is 0.939 bits per heavy atom. The van der Waals surface area contributed by atoms with Gasteiger partial charge in [0, 0.05) is 12.7 Å². The van der Waals surface area contributed by atoms with Crippen molar-refractivity contribution in [3.63, 3.8) is 0 Å². The SMILES string of the molecule is O=C(Nc1cnn(CCc2ccccc2)c1)c1ccc(COc2ccc3ccccc3c2)o1. The number of rotatable bonds is 8. The molecular formula is C27H23N3O3. The van der Waals surface area contributed by atoms with Crippen LogP contribution in [-0.2, 0) is 19.6 Å². The first-order chi connectivity index (χ1) is 16.2. The van der Waals surface area contributed by atoms with Gasteiger partial charge in [-0.15, -0.1) is 0 Å². The highest BCUT2D eigenvalue weighted by Crippen LogP contribution is 2.22. The molecule has 0 aliphatic carbocycles. The van der Waals surface area contributed by atoms with Gasteiger partial charge in [0.1, 0.15) is 18.1 Å². The molecule has 0 saturated carbocycles. The van der Waals surface area contributed by atoms with Crippen LogP contribution in [0, 0.1) is 0 Å². The molecule has 3 aromatic carbocycles. The number of aromatic nitrogens is 2. The van der Waals surface area contributed by atoms with Gasteiger partial charge < -0.3 is 14.5 Å². The third-order valence-corrected chi connectivity index (χ3v) is 5.35. The lowest BCUT2D eigenvalue weighted by atomic mass is 10.1. The van der Waals surface area contributed by atoms with Crippen LogP contribution in [0.3, 0.4) is 0 Å². The number of hydrogen-bond acceptors (Lipinski definition) is 4. The lowest BCUT2D eigenvalue weighted by molar-refractivity contribution is 0.0992. The summed E-state index contributed by atoms with van der Waals surface area (Å²) in [6, 6.07) is 27.7. The summed E-state index contributed by atoms with van der Waals surface area (Å²) in [4.78, 5) is 12.6. The van der Waals surface area contributed by atoms with Crippen LogP contribution in [0.5, 0.6) is 5.75 Å². The van der Waals surface area contributed by atoms with Crippen molar-refractivity contribution in [1.29, 1.82) is 0 Å². The van der Waals surface area contributed by atoms with E-state index in [1.807, 2.05) is 65.5 Å². The molecule has 0 unspecified atom stereocenters. The molecule has 6 nitrogen and oxygen atoms in total. The summed E-state index contributed by atoms with van der Waals surface area (Å²) in [5.41, 5.74) is 1.87. The van der Waals surface area contributed by atoms with Gasteiger partial charge in [-0.2, -0.15) is 5.10 Å². The maximum atomic E-state index is 12.6. The Balaban J connectivity index is 1.15. The van der Waals surface area contributed by atoms with Gasteiger partial charge in [-0.05, 0) is 47.0 Å². The number of carbonyl (C=O) groups excluding carboxylic acids is 1. The van der Waals surface area contributed by atoms with Crippen LogP contribution in [0.15, 0.2) is 102 Å². The van der Waals surface area contributed by atoms with Gasteiger partial charge in [-0.1, -0.05) is 60.7 Å². The van der Waals surface area contributed by atoms with E-state index in [0.29, 0.717) is 11.4 Å². The molecule has 5 rings (SSSR count). The molecule has 0 atom stereocenters. The summed E-state index contributed by atoms with van der Waals surface area (Å²) in [5.74, 6) is 1.23. The second-order valence-electron chi connectivity index (χ2n) is 7.75. The van der Waals surface area contributed by atoms with Crippen LogP contribution in [0.2, 0.25) is 0 Å². The number of carbonyl (C=O) groups is 1. The van der Waals surface area contributed by atoms with Gasteiger partial charge in [0.2, 0.25) is 0 Å². The third-order valence-electron chi connectivity index (χ3n) is 5.35. The molecule has 2 heterocycles. The molecule has 1 N–H and O–H groups in total. The van der Waals surface area contributed by atoms with Crippen molar-refractivity contribution in [2.75, 3.05) is 5.32 Å². The number of furan rings is 1. The number of hydrogen-bond donors (Lipinski definition) is 1. The minimum atomic E-state index is -0.324. The highest BCUT2D eigenvalue weighted by atomic mass is 16.5. The standard InChI is InChI=1S/C27H23N3O3/c31-27(29-23-17-28-30(18-23)15-14-20-6-2-1-3-7-20)26-13-12-25(33-26)19-32-24-11-10-21-8-4-5-9-22(21)16-24/h1-13,16-18H,14-15,19H2,(H,29,31). The Hall–Kier alpha value is -4.32. The molecule has 0 bridgehead atoms. The molecule has 33 heavy (non-hydrogen) atoms. The molecule has 2 aromatic heterocycles. The quantitative estimate of drug-likeness (QED) is 0.338. The Labute approximate surface area is 191 Å². The number of amides is 1. The predicted octanol–water partition coefficient (Wildman–Crippen LogP) is 5.70. The zero-order valence-corrected chi connectivity index (χ0v) is 18.0. The van der Waals surface area contributed by atoms with E-state index in [-0.39, 0.29) is 18.3 Å². The molecule has 0 aliphatic heterocycles. The van der Waals surface area contributed by atoms with Crippen molar-refractivity contribution in [2.45, 2.75) is 19.6 Å². The zero-order valence-electron chi connectivity index (χ0n) is 18.0. The van der Waals surface area contributed by atoms with Crippen LogP contribution in [-0.4, -0.2) is 15.7 Å². The minimum Gasteiger partial charge on any atom is -0.486 e. The molecule has 164 valence electrons. The van der Waals surface area contributed by atoms with Crippen LogP contribution >= 0.6 is 0 Å². The predicted molar refractivity (Wildman–Crippen MR) is 127 cm³/mol. The topological polar surface area (TPSA) is 69.3 Å². The molecule has 0 spiro atoms. The van der Waals surface area contributed by atoms with Gasteiger partial charge in [0.15, 0.2) is 5.76 Å². The first-order valence-electron chi connectivity index (χ1n) is 10.8. The van der Waals surface area contributed by atoms with E-state index in [1.165, 1.54) is 5.56 Å². The highest BCUT2D eigenvalue weighted by Gasteiger charge is 2.13. The molecular weight excluding hydrogens is 414 g/mol. The van der Waals surface area contributed by atoms with Crippen LogP contribution in [0.1, 0.15) is 21.9 Å². The van der Waals surface area contributed by atoms with E-state index in [1.54, 1.807) is 18.3 Å². The van der Waals surface area contributed by atoms with Gasteiger partial charge in [0.25, 0.3) is 5.91 Å². The second-order valence-corrected chi connectivity index (χ2v) is 7.75. The molecule has 0 radical (unpaired) electrons. The van der Waals surface area contributed by atoms with Gasteiger partial charge in [-0.25, -0.2) is 0 Å². The molecule has 5 aromatic rings. The van der Waals surface area contributed by atoms with E-state index < -0.39 is 0 Å². The third kappa shape index (κ3) is 5.13. The number of ether oxygens (including phenoxy) is 1. The Morgan fingerprint density at radius 2 is 1.76 bits per heavy atom. The van der Waals surface area contributed by atoms with Crippen molar-refractivity contribution >= 4 is 22.4 Å². The summed E-state index contributed by atoms with van der Waals surface area (Å²) in [6.07, 6.45) is 4.32. The van der Waals surface area contributed by atoms with E-state index in [4.69, 9.17) is 9.15 Å². The van der Waals surface area contributed by atoms with E-state index in [2.05, 4.69) is 28.6 Å². The van der Waals surface area contributed by atoms with Crippen LogP contribution in [0.4, 0.5) is 5.69 Å². The summed E-state index contributed by atoms with van der Waals surface area (Å²) in [6.45, 7) is 0.972. The maximum Gasteiger partial charge on any atom is 0.291 e. The molecule has 0 aliphatic rings. The zero-order chi connectivity index (χ0) is 22.5. The van der Waals surface area contributed by atoms with Gasteiger partial charge >= 0.3 is 0 Å². The number of nitrogens with one attached hydrogen (secondary N) is 1. The number of fused-ring (bicyclic) bond motifs is 1. The molecule has 0 fully saturated rings. The first kappa shape index (κ1) is 20.6. The summed E-state index contributed by atoms with van der Waals surface area (Å²) in [5, 5.41) is 9.41. The van der Waals surface area contributed by atoms with E-state index in [0.717, 1.165) is 29.5 Å². The highest BCUT2D eigenvalue weighted by molar-refractivity contribution is 6.02. The fourth-order valence-electron chi connectivity index (χ4n) is 3.62. The Kier molecular flexibility index (Phi) is 5.89. The minimum absolute atomic E-state index is 0.226. The number of anilines is 1. The number of aryl methyl sites for hydroxylation is 2. The number of nitrogens with zero attached hydrogens (tertiary/aromatic N) is 2. The lowest BCUT2D eigenvalue weighted by Crippen LogP contribution is -2.10. The monoisotopic (exact) mass is 437 g/mol.